The van der Waals surface area contributed by atoms with Crippen molar-refractivity contribution in [1.82, 2.24) is 14.8 Å². The van der Waals surface area contributed by atoms with Gasteiger partial charge in [0, 0.05) is 11.4 Å². The summed E-state index contributed by atoms with van der Waals surface area (Å²) in [6, 6.07) is 9.97. The van der Waals surface area contributed by atoms with Crippen LogP contribution in [0.25, 0.3) is 11.0 Å². The number of amides is 1. The number of pyridine rings is 1. The molecule has 0 unspecified atom stereocenters. The highest BCUT2D eigenvalue weighted by Crippen LogP contribution is 2.28. The van der Waals surface area contributed by atoms with Crippen LogP contribution in [0.3, 0.4) is 0 Å². The maximum atomic E-state index is 12.3. The summed E-state index contributed by atoms with van der Waals surface area (Å²) in [7, 11) is 0. The molecule has 0 saturated carbocycles. The van der Waals surface area contributed by atoms with Crippen molar-refractivity contribution in [2.75, 3.05) is 11.9 Å². The van der Waals surface area contributed by atoms with Crippen LogP contribution < -0.4 is 10.1 Å². The molecule has 3 aromatic rings. The molecular weight excluding hydrogens is 340 g/mol. The van der Waals surface area contributed by atoms with E-state index in [2.05, 4.69) is 43.1 Å². The fourth-order valence-electron chi connectivity index (χ4n) is 2.97. The molecule has 2 aromatic heterocycles. The molecule has 0 aliphatic carbocycles. The highest BCUT2D eigenvalue weighted by molar-refractivity contribution is 5.93. The summed E-state index contributed by atoms with van der Waals surface area (Å²) in [5.41, 5.74) is 2.56. The number of hydrogen-bond acceptors (Lipinski definition) is 4. The molecule has 1 amide bonds. The Bertz CT molecular complexity index is 933. The largest absolute Gasteiger partial charge is 0.483 e. The van der Waals surface area contributed by atoms with Gasteiger partial charge in [0.25, 0.3) is 5.91 Å². The molecule has 142 valence electrons. The zero-order chi connectivity index (χ0) is 19.4. The zero-order valence-electron chi connectivity index (χ0n) is 16.3. The van der Waals surface area contributed by atoms with Crippen molar-refractivity contribution >= 4 is 22.6 Å². The summed E-state index contributed by atoms with van der Waals surface area (Å²) in [5.74, 6) is 0.925. The van der Waals surface area contributed by atoms with E-state index < -0.39 is 0 Å². The number of hydrogen-bond donors (Lipinski definition) is 1. The molecule has 3 rings (SSSR count). The van der Waals surface area contributed by atoms with Gasteiger partial charge in [0.1, 0.15) is 5.75 Å². The standard InChI is InChI=1S/C21H26N4O2/c1-5-15(4)18-8-6-7-9-19(18)27-13-20(26)24-17-10-16-11-23-25(14(2)3)21(16)22-12-17/h6-12,14-15H,5,13H2,1-4H3,(H,24,26)/t15-/m1/s1. The first-order valence-corrected chi connectivity index (χ1v) is 9.34. The predicted molar refractivity (Wildman–Crippen MR) is 107 cm³/mol. The number of carbonyl (C=O) groups is 1. The second kappa shape index (κ2) is 8.20. The van der Waals surface area contributed by atoms with Gasteiger partial charge >= 0.3 is 0 Å². The van der Waals surface area contributed by atoms with E-state index >= 15 is 0 Å². The lowest BCUT2D eigenvalue weighted by Gasteiger charge is -2.15. The Balaban J connectivity index is 1.66. The summed E-state index contributed by atoms with van der Waals surface area (Å²) in [4.78, 5) is 16.7. The molecule has 1 aromatic carbocycles. The number of nitrogens with zero attached hydrogens (tertiary/aromatic N) is 3. The van der Waals surface area contributed by atoms with Crippen molar-refractivity contribution in [2.45, 2.75) is 46.1 Å². The van der Waals surface area contributed by atoms with E-state index in [0.717, 1.165) is 28.8 Å². The molecule has 1 N–H and O–H groups in total. The lowest BCUT2D eigenvalue weighted by atomic mass is 9.98. The summed E-state index contributed by atoms with van der Waals surface area (Å²) in [6.45, 7) is 8.35. The molecule has 0 aliphatic rings. The molecule has 0 saturated heterocycles. The van der Waals surface area contributed by atoms with Crippen LogP contribution in [0.4, 0.5) is 5.69 Å². The van der Waals surface area contributed by atoms with Gasteiger partial charge in [0.15, 0.2) is 12.3 Å². The van der Waals surface area contributed by atoms with Gasteiger partial charge in [-0.25, -0.2) is 9.67 Å². The predicted octanol–water partition coefficient (Wildman–Crippen LogP) is 4.54. The molecule has 27 heavy (non-hydrogen) atoms. The molecular formula is C21H26N4O2. The van der Waals surface area contributed by atoms with Crippen LogP contribution in [0, 0.1) is 0 Å². The average Bonchev–Trinajstić information content (AvgIpc) is 3.09. The van der Waals surface area contributed by atoms with E-state index in [-0.39, 0.29) is 18.6 Å². The van der Waals surface area contributed by atoms with E-state index in [1.807, 2.05) is 35.0 Å². The van der Waals surface area contributed by atoms with Crippen molar-refractivity contribution in [3.8, 4) is 5.75 Å². The lowest BCUT2D eigenvalue weighted by Crippen LogP contribution is -2.20. The van der Waals surface area contributed by atoms with Crippen LogP contribution in [0.1, 0.15) is 51.6 Å². The number of nitrogens with one attached hydrogen (secondary N) is 1. The number of fused-ring (bicyclic) bond motifs is 1. The molecule has 6 heteroatoms. The van der Waals surface area contributed by atoms with Gasteiger partial charge in [0.05, 0.1) is 18.1 Å². The zero-order valence-corrected chi connectivity index (χ0v) is 16.3. The fraction of sp³-hybridized carbons (Fsp3) is 0.381. The maximum Gasteiger partial charge on any atom is 0.262 e. The number of carbonyl (C=O) groups excluding carboxylic acids is 1. The van der Waals surface area contributed by atoms with Gasteiger partial charge in [-0.3, -0.25) is 4.79 Å². The maximum absolute atomic E-state index is 12.3. The second-order valence-corrected chi connectivity index (χ2v) is 7.00. The van der Waals surface area contributed by atoms with Gasteiger partial charge in [-0.2, -0.15) is 5.10 Å². The Labute approximate surface area is 159 Å². The van der Waals surface area contributed by atoms with Crippen molar-refractivity contribution in [3.05, 3.63) is 48.3 Å². The van der Waals surface area contributed by atoms with E-state index in [1.165, 1.54) is 0 Å². The highest BCUT2D eigenvalue weighted by atomic mass is 16.5. The van der Waals surface area contributed by atoms with Crippen LogP contribution in [0.2, 0.25) is 0 Å². The summed E-state index contributed by atoms with van der Waals surface area (Å²) < 4.78 is 7.63. The Morgan fingerprint density at radius 2 is 2.00 bits per heavy atom. The van der Waals surface area contributed by atoms with Crippen LogP contribution in [0.15, 0.2) is 42.7 Å². The topological polar surface area (TPSA) is 69.0 Å². The first-order chi connectivity index (χ1) is 13.0. The minimum atomic E-state index is -0.216. The third-order valence-corrected chi connectivity index (χ3v) is 4.63. The Morgan fingerprint density at radius 1 is 1.22 bits per heavy atom. The van der Waals surface area contributed by atoms with Crippen LogP contribution in [-0.2, 0) is 4.79 Å². The molecule has 6 nitrogen and oxygen atoms in total. The highest BCUT2D eigenvalue weighted by Gasteiger charge is 2.12. The van der Waals surface area contributed by atoms with Crippen molar-refractivity contribution in [2.24, 2.45) is 0 Å². The number of anilines is 1. The first kappa shape index (κ1) is 18.9. The van der Waals surface area contributed by atoms with E-state index in [0.29, 0.717) is 11.6 Å². The minimum Gasteiger partial charge on any atom is -0.483 e. The molecule has 0 fully saturated rings. The van der Waals surface area contributed by atoms with Crippen LogP contribution in [-0.4, -0.2) is 27.3 Å². The van der Waals surface area contributed by atoms with Gasteiger partial charge in [-0.05, 0) is 43.9 Å². The molecule has 0 radical (unpaired) electrons. The fourth-order valence-corrected chi connectivity index (χ4v) is 2.97. The lowest BCUT2D eigenvalue weighted by molar-refractivity contribution is -0.118. The van der Waals surface area contributed by atoms with Crippen molar-refractivity contribution in [3.63, 3.8) is 0 Å². The Kier molecular flexibility index (Phi) is 5.74. The van der Waals surface area contributed by atoms with Gasteiger partial charge in [0.2, 0.25) is 0 Å². The average molecular weight is 366 g/mol. The monoisotopic (exact) mass is 366 g/mol. The van der Waals surface area contributed by atoms with E-state index in [4.69, 9.17) is 4.74 Å². The third kappa shape index (κ3) is 4.27. The van der Waals surface area contributed by atoms with Gasteiger partial charge in [-0.15, -0.1) is 0 Å². The molecule has 2 heterocycles. The van der Waals surface area contributed by atoms with Crippen molar-refractivity contribution in [1.29, 1.82) is 0 Å². The second-order valence-electron chi connectivity index (χ2n) is 7.00. The van der Waals surface area contributed by atoms with E-state index in [9.17, 15) is 4.79 Å². The summed E-state index contributed by atoms with van der Waals surface area (Å²) in [6.07, 6.45) is 4.42. The summed E-state index contributed by atoms with van der Waals surface area (Å²) in [5, 5.41) is 8.08. The van der Waals surface area contributed by atoms with Gasteiger partial charge < -0.3 is 10.1 Å². The molecule has 1 atom stereocenters. The smallest absolute Gasteiger partial charge is 0.262 e. The van der Waals surface area contributed by atoms with E-state index in [1.54, 1.807) is 12.4 Å². The summed E-state index contributed by atoms with van der Waals surface area (Å²) >= 11 is 0. The first-order valence-electron chi connectivity index (χ1n) is 9.34. The molecule has 0 bridgehead atoms. The quantitative estimate of drug-likeness (QED) is 0.666. The molecule has 0 spiro atoms. The van der Waals surface area contributed by atoms with Gasteiger partial charge in [-0.1, -0.05) is 32.0 Å². The normalized spacial score (nSPS) is 12.3. The number of benzene rings is 1. The van der Waals surface area contributed by atoms with Crippen molar-refractivity contribution < 1.29 is 9.53 Å². The van der Waals surface area contributed by atoms with Crippen LogP contribution >= 0.6 is 0 Å². The Morgan fingerprint density at radius 3 is 2.74 bits per heavy atom. The third-order valence-electron chi connectivity index (χ3n) is 4.63. The number of aromatic nitrogens is 3. The number of ether oxygens (including phenoxy) is 1. The SMILES string of the molecule is CC[C@@H](C)c1ccccc1OCC(=O)Nc1cnc2c(cnn2C(C)C)c1. The van der Waals surface area contributed by atoms with Crippen LogP contribution in [0.5, 0.6) is 5.75 Å². The Hall–Kier alpha value is -2.89. The minimum absolute atomic E-state index is 0.0449. The molecule has 0 aliphatic heterocycles. The number of rotatable bonds is 7. The number of para-hydroxylation sites is 1.